The minimum Gasteiger partial charge on any atom is -0.756 e. The highest BCUT2D eigenvalue weighted by atomic mass is 31.2. The number of hydrogen-bond acceptors (Lipinski definition) is 8. The summed E-state index contributed by atoms with van der Waals surface area (Å²) in [6.45, 7) is 4.06. The molecule has 58 heavy (non-hydrogen) atoms. The molecule has 9 nitrogen and oxygen atoms in total. The first-order valence-corrected chi connectivity index (χ1v) is 24.5. The van der Waals surface area contributed by atoms with Crippen LogP contribution in [0.5, 0.6) is 0 Å². The Morgan fingerprint density at radius 1 is 0.552 bits per heavy atom. The van der Waals surface area contributed by atoms with Gasteiger partial charge in [-0.15, -0.1) is 0 Å². The maximum absolute atomic E-state index is 12.7. The number of phosphoric acid groups is 1. The SMILES string of the molecule is CC/C=C\C/C=C\C/C=C\CCCCCCCC(=O)O[C@H](COC(=O)CCCCCCCCCCC/C=C\C/C=C\CCCCC)COP(=O)([O-])OCC[N+](C)(C)C. The smallest absolute Gasteiger partial charge is 0.306 e. The third-order valence-electron chi connectivity index (χ3n) is 9.52. The van der Waals surface area contributed by atoms with Gasteiger partial charge < -0.3 is 27.9 Å². The average Bonchev–Trinajstić information content (AvgIpc) is 3.17. The lowest BCUT2D eigenvalue weighted by Gasteiger charge is -2.28. The molecule has 0 saturated carbocycles. The highest BCUT2D eigenvalue weighted by Gasteiger charge is 2.21. The van der Waals surface area contributed by atoms with Crippen LogP contribution in [0.3, 0.4) is 0 Å². The molecule has 0 bridgehead atoms. The fourth-order valence-electron chi connectivity index (χ4n) is 5.93. The number of rotatable bonds is 41. The van der Waals surface area contributed by atoms with E-state index in [-0.39, 0.29) is 26.1 Å². The summed E-state index contributed by atoms with van der Waals surface area (Å²) in [6, 6.07) is 0. The number of carbonyl (C=O) groups excluding carboxylic acids is 2. The molecule has 0 radical (unpaired) electrons. The van der Waals surface area contributed by atoms with E-state index in [4.69, 9.17) is 18.5 Å². The molecule has 336 valence electrons. The van der Waals surface area contributed by atoms with E-state index < -0.39 is 32.5 Å². The van der Waals surface area contributed by atoms with Crippen LogP contribution >= 0.6 is 7.82 Å². The first kappa shape index (κ1) is 55.7. The number of esters is 2. The van der Waals surface area contributed by atoms with Gasteiger partial charge in [0.05, 0.1) is 27.7 Å². The van der Waals surface area contributed by atoms with Crippen LogP contribution in [0.4, 0.5) is 0 Å². The van der Waals surface area contributed by atoms with Crippen molar-refractivity contribution in [2.24, 2.45) is 0 Å². The second-order valence-electron chi connectivity index (χ2n) is 16.4. The number of nitrogens with zero attached hydrogens (tertiary/aromatic N) is 1. The normalized spacial score (nSPS) is 14.1. The highest BCUT2D eigenvalue weighted by Crippen LogP contribution is 2.38. The van der Waals surface area contributed by atoms with E-state index in [1.54, 1.807) is 0 Å². The summed E-state index contributed by atoms with van der Waals surface area (Å²) in [5.74, 6) is -0.862. The summed E-state index contributed by atoms with van der Waals surface area (Å²) in [7, 11) is 1.14. The van der Waals surface area contributed by atoms with Gasteiger partial charge in [-0.25, -0.2) is 0 Å². The molecule has 0 aromatic carbocycles. The summed E-state index contributed by atoms with van der Waals surface area (Å²) in [5.41, 5.74) is 0. The topological polar surface area (TPSA) is 111 Å². The molecule has 0 heterocycles. The van der Waals surface area contributed by atoms with Crippen molar-refractivity contribution in [1.82, 2.24) is 0 Å². The third kappa shape index (κ3) is 43.3. The Kier molecular flexibility index (Phi) is 38.5. The van der Waals surface area contributed by atoms with Crippen molar-refractivity contribution in [3.8, 4) is 0 Å². The van der Waals surface area contributed by atoms with Gasteiger partial charge in [-0.2, -0.15) is 0 Å². The number of allylic oxidation sites excluding steroid dienone is 10. The van der Waals surface area contributed by atoms with Crippen LogP contribution in [0.25, 0.3) is 0 Å². The quantitative estimate of drug-likeness (QED) is 0.0197. The van der Waals surface area contributed by atoms with Gasteiger partial charge >= 0.3 is 11.9 Å². The Hall–Kier alpha value is -2.29. The van der Waals surface area contributed by atoms with E-state index in [0.717, 1.165) is 89.9 Å². The van der Waals surface area contributed by atoms with Gasteiger partial charge in [-0.1, -0.05) is 152 Å². The van der Waals surface area contributed by atoms with E-state index in [9.17, 15) is 19.0 Å². The van der Waals surface area contributed by atoms with Crippen molar-refractivity contribution in [1.29, 1.82) is 0 Å². The lowest BCUT2D eigenvalue weighted by Crippen LogP contribution is -2.37. The molecule has 1 unspecified atom stereocenters. The minimum absolute atomic E-state index is 0.0376. The molecule has 0 aliphatic heterocycles. The Bertz CT molecular complexity index is 1170. The maximum atomic E-state index is 12.7. The maximum Gasteiger partial charge on any atom is 0.306 e. The Balaban J connectivity index is 4.34. The number of hydrogen-bond donors (Lipinski definition) is 0. The first-order chi connectivity index (χ1) is 28.0. The molecule has 0 N–H and O–H groups in total. The van der Waals surface area contributed by atoms with E-state index >= 15 is 0 Å². The third-order valence-corrected chi connectivity index (χ3v) is 10.5. The summed E-state index contributed by atoms with van der Waals surface area (Å²) >= 11 is 0. The van der Waals surface area contributed by atoms with Crippen molar-refractivity contribution < 1.29 is 42.1 Å². The summed E-state index contributed by atoms with van der Waals surface area (Å²) in [4.78, 5) is 37.6. The highest BCUT2D eigenvalue weighted by molar-refractivity contribution is 7.45. The number of quaternary nitrogens is 1. The molecular formula is C48H86NO8P. The Morgan fingerprint density at radius 2 is 0.983 bits per heavy atom. The molecule has 0 fully saturated rings. The van der Waals surface area contributed by atoms with E-state index in [1.807, 2.05) is 21.1 Å². The van der Waals surface area contributed by atoms with Crippen molar-refractivity contribution in [3.05, 3.63) is 60.8 Å². The molecule has 0 amide bonds. The van der Waals surface area contributed by atoms with Crippen molar-refractivity contribution in [2.45, 2.75) is 187 Å². The zero-order valence-electron chi connectivity index (χ0n) is 37.7. The minimum atomic E-state index is -4.63. The van der Waals surface area contributed by atoms with Crippen LogP contribution in [0.2, 0.25) is 0 Å². The van der Waals surface area contributed by atoms with Crippen LogP contribution in [-0.2, 0) is 32.7 Å². The number of ether oxygens (including phenoxy) is 2. The Morgan fingerprint density at radius 3 is 1.47 bits per heavy atom. The molecule has 0 spiro atoms. The summed E-state index contributed by atoms with van der Waals surface area (Å²) in [6.07, 6.45) is 48.1. The second-order valence-corrected chi connectivity index (χ2v) is 17.8. The summed E-state index contributed by atoms with van der Waals surface area (Å²) < 4.78 is 33.9. The zero-order valence-corrected chi connectivity index (χ0v) is 38.6. The lowest BCUT2D eigenvalue weighted by molar-refractivity contribution is -0.870. The molecule has 10 heteroatoms. The molecule has 0 aromatic heterocycles. The van der Waals surface area contributed by atoms with Crippen molar-refractivity contribution in [3.63, 3.8) is 0 Å². The van der Waals surface area contributed by atoms with E-state index in [2.05, 4.69) is 74.6 Å². The Labute approximate surface area is 356 Å². The van der Waals surface area contributed by atoms with E-state index in [0.29, 0.717) is 17.4 Å². The van der Waals surface area contributed by atoms with Crippen LogP contribution in [0.15, 0.2) is 60.8 Å². The van der Waals surface area contributed by atoms with Crippen LogP contribution in [0.1, 0.15) is 181 Å². The second kappa shape index (κ2) is 40.1. The van der Waals surface area contributed by atoms with Crippen LogP contribution < -0.4 is 4.89 Å². The molecule has 2 atom stereocenters. The van der Waals surface area contributed by atoms with Gasteiger partial charge in [0.1, 0.15) is 19.8 Å². The number of likely N-dealkylation sites (N-methyl/N-ethyl adjacent to an activating group) is 1. The number of unbranched alkanes of at least 4 members (excludes halogenated alkanes) is 17. The molecule has 0 aromatic rings. The number of carbonyl (C=O) groups is 2. The fraction of sp³-hybridized carbons (Fsp3) is 0.750. The van der Waals surface area contributed by atoms with E-state index in [1.165, 1.54) is 57.8 Å². The largest absolute Gasteiger partial charge is 0.756 e. The van der Waals surface area contributed by atoms with Crippen molar-refractivity contribution >= 4 is 19.8 Å². The molecule has 0 aliphatic carbocycles. The molecule has 0 rings (SSSR count). The summed E-state index contributed by atoms with van der Waals surface area (Å²) in [5, 5.41) is 0. The standard InChI is InChI=1S/C48H86NO8P/c1-6-8-10-12-14-16-18-20-22-23-24-25-27-28-30-32-34-36-38-40-47(50)54-44-46(45-56-58(52,53)55-43-42-49(3,4)5)57-48(51)41-39-37-35-33-31-29-26-21-19-17-15-13-11-9-7-2/h9,11,14-17,20-22,26,46H,6-8,10,12-13,18-19,23-25,27-45H2,1-5H3/b11-9-,16-14-,17-15-,22-20-,26-21-/t46-/m1/s1. The first-order valence-electron chi connectivity index (χ1n) is 23.0. The predicted octanol–water partition coefficient (Wildman–Crippen LogP) is 12.6. The van der Waals surface area contributed by atoms with Gasteiger partial charge in [0.25, 0.3) is 7.82 Å². The van der Waals surface area contributed by atoms with Gasteiger partial charge in [-0.05, 0) is 77.0 Å². The van der Waals surface area contributed by atoms with Gasteiger partial charge in [0.2, 0.25) is 0 Å². The van der Waals surface area contributed by atoms with Gasteiger partial charge in [-0.3, -0.25) is 14.2 Å². The molecular weight excluding hydrogens is 750 g/mol. The fourth-order valence-corrected chi connectivity index (χ4v) is 6.66. The number of phosphoric ester groups is 1. The van der Waals surface area contributed by atoms with Gasteiger partial charge in [0, 0.05) is 12.8 Å². The van der Waals surface area contributed by atoms with Crippen LogP contribution in [-0.4, -0.2) is 70.0 Å². The molecule has 0 saturated heterocycles. The van der Waals surface area contributed by atoms with Gasteiger partial charge in [0.15, 0.2) is 6.10 Å². The average molecular weight is 836 g/mol. The van der Waals surface area contributed by atoms with Crippen molar-refractivity contribution in [2.75, 3.05) is 47.5 Å². The molecule has 0 aliphatic rings. The zero-order chi connectivity index (χ0) is 42.8. The predicted molar refractivity (Wildman–Crippen MR) is 240 cm³/mol. The lowest BCUT2D eigenvalue weighted by atomic mass is 10.1. The monoisotopic (exact) mass is 836 g/mol. The van der Waals surface area contributed by atoms with Crippen LogP contribution in [0, 0.1) is 0 Å².